The summed E-state index contributed by atoms with van der Waals surface area (Å²) in [5, 5.41) is 0. The first kappa shape index (κ1) is 13.4. The van der Waals surface area contributed by atoms with E-state index in [0.717, 1.165) is 12.1 Å². The average Bonchev–Trinajstić information content (AvgIpc) is 2.12. The van der Waals surface area contributed by atoms with Crippen LogP contribution in [0.1, 0.15) is 12.8 Å². The second kappa shape index (κ2) is 3.30. The Kier molecular flexibility index (Phi) is 2.46. The molecule has 1 aliphatic carbocycles. The van der Waals surface area contributed by atoms with Crippen LogP contribution in [0.2, 0.25) is 0 Å². The Morgan fingerprint density at radius 2 is 1.50 bits per heavy atom. The van der Waals surface area contributed by atoms with Gasteiger partial charge in [0.1, 0.15) is 16.7 Å². The topological polar surface area (TPSA) is 35.2 Å². The van der Waals surface area contributed by atoms with Crippen molar-refractivity contribution in [1.29, 1.82) is 0 Å². The summed E-state index contributed by atoms with van der Waals surface area (Å²) in [6, 6.07) is 2.53. The minimum absolute atomic E-state index is 0.0407. The smallest absolute Gasteiger partial charge is 0.310 e. The summed E-state index contributed by atoms with van der Waals surface area (Å²) in [4.78, 5) is -1.91. The first-order valence-electron chi connectivity index (χ1n) is 5.20. The van der Waals surface area contributed by atoms with E-state index in [0.29, 0.717) is 25.0 Å². The van der Waals surface area contributed by atoms with Crippen LogP contribution in [0.5, 0.6) is 5.75 Å². The van der Waals surface area contributed by atoms with Gasteiger partial charge in [-0.3, -0.25) is 0 Å². The molecule has 2 N–H and O–H groups in total. The molecule has 1 saturated carbocycles. The fraction of sp³-hybridized carbons (Fsp3) is 0.400. The molecule has 0 bridgehead atoms. The monoisotopic (exact) mass is 289 g/mol. The van der Waals surface area contributed by atoms with Gasteiger partial charge in [0.05, 0.1) is 0 Å². The Balaban J connectivity index is 2.12. The maximum Gasteiger partial charge on any atom is 0.310 e. The highest BCUT2D eigenvalue weighted by atomic mass is 32.5. The number of rotatable bonds is 3. The van der Waals surface area contributed by atoms with E-state index in [9.17, 15) is 19.4 Å². The summed E-state index contributed by atoms with van der Waals surface area (Å²) in [5.41, 5.74) is 5.52. The number of ether oxygens (including phenoxy) is 1. The van der Waals surface area contributed by atoms with Crippen LogP contribution < -0.4 is 10.5 Å². The molecular weight excluding hydrogens is 277 g/mol. The minimum Gasteiger partial charge on any atom is -0.490 e. The number of benzene rings is 1. The summed E-state index contributed by atoms with van der Waals surface area (Å²) in [7, 11) is -9.58. The molecule has 1 aliphatic rings. The molecule has 1 aromatic rings. The quantitative estimate of drug-likeness (QED) is 0.846. The molecule has 2 rings (SSSR count). The molecule has 18 heavy (non-hydrogen) atoms. The van der Waals surface area contributed by atoms with Crippen molar-refractivity contribution in [3.05, 3.63) is 24.3 Å². The van der Waals surface area contributed by atoms with Gasteiger partial charge in [-0.1, -0.05) is 19.4 Å². The molecule has 0 aliphatic heterocycles. The second-order valence-electron chi connectivity index (χ2n) is 4.41. The highest BCUT2D eigenvalue weighted by molar-refractivity contribution is 8.45. The second-order valence-corrected chi connectivity index (χ2v) is 6.82. The van der Waals surface area contributed by atoms with Gasteiger partial charge >= 0.3 is 10.2 Å². The third kappa shape index (κ3) is 3.05. The maximum absolute atomic E-state index is 12.4. The molecule has 0 heterocycles. The normalized spacial score (nSPS) is 27.9. The van der Waals surface area contributed by atoms with Crippen LogP contribution in [-0.2, 0) is 0 Å². The standard InChI is InChI=1S/C10H12F5NOS/c11-18(12,13,14,15)10-3-1-8(2-4-10)17-9-5-7(16)6-9/h1-4,7,9H,5-6,16H2. The van der Waals surface area contributed by atoms with Gasteiger partial charge < -0.3 is 10.5 Å². The predicted octanol–water partition coefficient (Wildman–Crippen LogP) is 4.21. The highest BCUT2D eigenvalue weighted by Gasteiger charge is 2.65. The van der Waals surface area contributed by atoms with E-state index in [-0.39, 0.29) is 17.9 Å². The summed E-state index contributed by atoms with van der Waals surface area (Å²) in [6.07, 6.45) is 1.08. The zero-order valence-electron chi connectivity index (χ0n) is 9.16. The fourth-order valence-corrected chi connectivity index (χ4v) is 2.32. The Labute approximate surface area is 101 Å². The van der Waals surface area contributed by atoms with Crippen LogP contribution in [0, 0.1) is 0 Å². The van der Waals surface area contributed by atoms with Gasteiger partial charge in [-0.15, -0.1) is 0 Å². The van der Waals surface area contributed by atoms with Crippen molar-refractivity contribution in [3.8, 4) is 5.75 Å². The van der Waals surface area contributed by atoms with E-state index in [1.807, 2.05) is 0 Å². The third-order valence-electron chi connectivity index (χ3n) is 2.70. The van der Waals surface area contributed by atoms with Crippen molar-refractivity contribution < 1.29 is 24.2 Å². The molecule has 0 aromatic heterocycles. The Hall–Kier alpha value is -1.02. The number of hydrogen-bond acceptors (Lipinski definition) is 2. The molecule has 0 spiro atoms. The average molecular weight is 289 g/mol. The van der Waals surface area contributed by atoms with Crippen LogP contribution in [0.4, 0.5) is 19.4 Å². The number of halogens is 5. The summed E-state index contributed by atoms with van der Waals surface area (Å²) in [5.74, 6) is 0.137. The lowest BCUT2D eigenvalue weighted by atomic mass is 9.90. The van der Waals surface area contributed by atoms with Gasteiger partial charge in [-0.25, -0.2) is 0 Å². The van der Waals surface area contributed by atoms with E-state index in [1.165, 1.54) is 0 Å². The summed E-state index contributed by atoms with van der Waals surface area (Å²) in [6.45, 7) is 0. The molecule has 104 valence electrons. The highest BCUT2D eigenvalue weighted by Crippen LogP contribution is 3.02. The third-order valence-corrected chi connectivity index (χ3v) is 3.87. The molecule has 0 radical (unpaired) electrons. The van der Waals surface area contributed by atoms with E-state index < -0.39 is 15.1 Å². The van der Waals surface area contributed by atoms with Crippen LogP contribution >= 0.6 is 10.2 Å². The van der Waals surface area contributed by atoms with Crippen molar-refractivity contribution in [1.82, 2.24) is 0 Å². The van der Waals surface area contributed by atoms with Crippen molar-refractivity contribution in [3.63, 3.8) is 0 Å². The maximum atomic E-state index is 12.4. The Morgan fingerprint density at radius 3 is 1.89 bits per heavy atom. The van der Waals surface area contributed by atoms with E-state index >= 15 is 0 Å². The van der Waals surface area contributed by atoms with Crippen LogP contribution in [0.15, 0.2) is 29.2 Å². The van der Waals surface area contributed by atoms with Crippen molar-refractivity contribution in [2.24, 2.45) is 5.73 Å². The predicted molar refractivity (Wildman–Crippen MR) is 59.5 cm³/mol. The van der Waals surface area contributed by atoms with Gasteiger partial charge in [0, 0.05) is 6.04 Å². The molecule has 1 fully saturated rings. The van der Waals surface area contributed by atoms with Crippen LogP contribution in [-0.4, -0.2) is 12.1 Å². The SMILES string of the molecule is NC1CC(Oc2ccc(S(F)(F)(F)(F)F)cc2)C1. The largest absolute Gasteiger partial charge is 0.490 e. The van der Waals surface area contributed by atoms with E-state index in [1.54, 1.807) is 0 Å². The first-order valence-corrected chi connectivity index (χ1v) is 7.15. The molecule has 0 atom stereocenters. The summed E-state index contributed by atoms with van der Waals surface area (Å²) >= 11 is 0. The van der Waals surface area contributed by atoms with Gasteiger partial charge in [0.25, 0.3) is 0 Å². The number of nitrogens with two attached hydrogens (primary N) is 1. The molecule has 8 heteroatoms. The lowest BCUT2D eigenvalue weighted by Crippen LogP contribution is -2.43. The summed E-state index contributed by atoms with van der Waals surface area (Å²) < 4.78 is 67.3. The fourth-order valence-electron chi connectivity index (χ4n) is 1.67. The van der Waals surface area contributed by atoms with Crippen molar-refractivity contribution >= 4 is 10.2 Å². The van der Waals surface area contributed by atoms with E-state index in [2.05, 4.69) is 0 Å². The van der Waals surface area contributed by atoms with Gasteiger partial charge in [-0.05, 0) is 37.1 Å². The zero-order valence-corrected chi connectivity index (χ0v) is 9.98. The van der Waals surface area contributed by atoms with Crippen LogP contribution in [0.25, 0.3) is 0 Å². The van der Waals surface area contributed by atoms with Crippen molar-refractivity contribution in [2.45, 2.75) is 29.9 Å². The molecule has 1 aromatic carbocycles. The lowest BCUT2D eigenvalue weighted by molar-refractivity contribution is 0.101. The van der Waals surface area contributed by atoms with Gasteiger partial charge in [0.15, 0.2) is 0 Å². The number of hydrogen-bond donors (Lipinski definition) is 1. The van der Waals surface area contributed by atoms with Gasteiger partial charge in [-0.2, -0.15) is 0 Å². The molecule has 2 nitrogen and oxygen atoms in total. The Bertz CT molecular complexity index is 451. The van der Waals surface area contributed by atoms with Gasteiger partial charge in [0.2, 0.25) is 0 Å². The van der Waals surface area contributed by atoms with Crippen LogP contribution in [0.3, 0.4) is 0 Å². The molecular formula is C10H12F5NOS. The molecule has 0 unspecified atom stereocenters. The van der Waals surface area contributed by atoms with E-state index in [4.69, 9.17) is 10.5 Å². The first-order chi connectivity index (χ1) is 7.94. The lowest BCUT2D eigenvalue weighted by Gasteiger charge is -2.40. The molecule has 0 saturated heterocycles. The molecule has 0 amide bonds. The Morgan fingerprint density at radius 1 is 1.00 bits per heavy atom. The van der Waals surface area contributed by atoms with Crippen molar-refractivity contribution in [2.75, 3.05) is 0 Å². The zero-order chi connectivity index (χ0) is 13.7. The minimum atomic E-state index is -9.58.